The van der Waals surface area contributed by atoms with Crippen LogP contribution in [0.2, 0.25) is 0 Å². The summed E-state index contributed by atoms with van der Waals surface area (Å²) in [6.45, 7) is 30.7. The molecule has 3 heterocycles. The molecular formula is C57H61BN2S. The molecule has 0 fully saturated rings. The van der Waals surface area contributed by atoms with E-state index in [4.69, 9.17) is 0 Å². The van der Waals surface area contributed by atoms with E-state index in [0.29, 0.717) is 0 Å². The SMILES string of the molecule is Cc1cc2c3c(c1)N(c1ccc(-c4c(C)cccc4C)cc1)c1c(sc4ccc(C(C)(C)C)cc14)B3c1cc3c(cc1N2c1ccc(C(C)(C)C)cc1)C(C)(C)CCC3(C)C. The summed E-state index contributed by atoms with van der Waals surface area (Å²) < 4.78 is 2.79. The quantitative estimate of drug-likeness (QED) is 0.164. The van der Waals surface area contributed by atoms with Gasteiger partial charge in [0.15, 0.2) is 0 Å². The number of anilines is 6. The second-order valence-corrected chi connectivity index (χ2v) is 23.0. The molecule has 0 N–H and O–H groups in total. The van der Waals surface area contributed by atoms with E-state index < -0.39 is 0 Å². The van der Waals surface area contributed by atoms with Gasteiger partial charge in [0.1, 0.15) is 0 Å². The third-order valence-corrected chi connectivity index (χ3v) is 15.8. The number of hydrogen-bond acceptors (Lipinski definition) is 3. The molecule has 7 aromatic rings. The molecule has 1 aromatic heterocycles. The number of thiophene rings is 1. The van der Waals surface area contributed by atoms with Crippen LogP contribution in [-0.4, -0.2) is 6.71 Å². The summed E-state index contributed by atoms with van der Waals surface area (Å²) >= 11 is 2.01. The molecule has 0 radical (unpaired) electrons. The van der Waals surface area contributed by atoms with E-state index in [9.17, 15) is 0 Å². The van der Waals surface area contributed by atoms with Crippen molar-refractivity contribution in [1.29, 1.82) is 0 Å². The van der Waals surface area contributed by atoms with Crippen LogP contribution in [0.15, 0.2) is 109 Å². The van der Waals surface area contributed by atoms with E-state index in [-0.39, 0.29) is 28.4 Å². The third kappa shape index (κ3) is 6.25. The van der Waals surface area contributed by atoms with E-state index in [2.05, 4.69) is 209 Å². The summed E-state index contributed by atoms with van der Waals surface area (Å²) in [5.41, 5.74) is 23.0. The van der Waals surface area contributed by atoms with E-state index in [0.717, 1.165) is 0 Å². The van der Waals surface area contributed by atoms with Gasteiger partial charge < -0.3 is 9.80 Å². The molecule has 0 atom stereocenters. The largest absolute Gasteiger partial charge is 0.311 e. The number of benzene rings is 6. The Hall–Kier alpha value is -5.06. The average Bonchev–Trinajstić information content (AvgIpc) is 3.57. The van der Waals surface area contributed by atoms with E-state index >= 15 is 0 Å². The Balaban J connectivity index is 1.30. The summed E-state index contributed by atoms with van der Waals surface area (Å²) in [6.07, 6.45) is 2.37. The van der Waals surface area contributed by atoms with E-state index in [1.54, 1.807) is 0 Å². The van der Waals surface area contributed by atoms with Crippen LogP contribution in [-0.2, 0) is 21.7 Å². The van der Waals surface area contributed by atoms with Gasteiger partial charge in [-0.25, -0.2) is 0 Å². The molecule has 4 heteroatoms. The minimum absolute atomic E-state index is 0.0230. The lowest BCUT2D eigenvalue weighted by Crippen LogP contribution is -2.61. The maximum atomic E-state index is 2.67. The smallest absolute Gasteiger partial charge is 0.264 e. The fraction of sp³-hybridized carbons (Fsp3) is 0.333. The molecule has 0 spiro atoms. The average molecular weight is 817 g/mol. The van der Waals surface area contributed by atoms with Crippen molar-refractivity contribution in [2.75, 3.05) is 9.80 Å². The maximum Gasteiger partial charge on any atom is 0.264 e. The molecule has 2 nitrogen and oxygen atoms in total. The molecule has 2 aliphatic heterocycles. The predicted octanol–water partition coefficient (Wildman–Crippen LogP) is 14.5. The van der Waals surface area contributed by atoms with Crippen LogP contribution in [0.3, 0.4) is 0 Å². The third-order valence-electron chi connectivity index (χ3n) is 14.5. The minimum atomic E-state index is 0.0230. The van der Waals surface area contributed by atoms with Crippen molar-refractivity contribution in [3.8, 4) is 11.1 Å². The Morgan fingerprint density at radius 2 is 1.11 bits per heavy atom. The maximum absolute atomic E-state index is 2.67. The standard InChI is InChI=1S/C57H61BN2S/c1-34-29-47-51-48(30-34)60(41-22-17-37(18-23-41)50-35(2)15-14-16-36(50)3)52-42-31-39(55(7,8)9)21-26-49(42)61-53(52)58(51)45-32-43-44(57(12,13)28-27-56(43,10)11)33-46(45)59(47)40-24-19-38(20-25-40)54(4,5)6/h14-26,29-33H,27-28H2,1-13H3. The fourth-order valence-electron chi connectivity index (χ4n) is 10.8. The molecule has 61 heavy (non-hydrogen) atoms. The molecule has 3 aliphatic rings. The van der Waals surface area contributed by atoms with Gasteiger partial charge in [0.2, 0.25) is 0 Å². The van der Waals surface area contributed by atoms with Crippen molar-refractivity contribution in [3.63, 3.8) is 0 Å². The van der Waals surface area contributed by atoms with Crippen molar-refractivity contribution in [2.45, 2.75) is 125 Å². The molecule has 0 saturated heterocycles. The number of rotatable bonds is 3. The lowest BCUT2D eigenvalue weighted by molar-refractivity contribution is 0.332. The van der Waals surface area contributed by atoms with Gasteiger partial charge in [0, 0.05) is 43.3 Å². The van der Waals surface area contributed by atoms with Crippen molar-refractivity contribution in [3.05, 3.63) is 148 Å². The Morgan fingerprint density at radius 3 is 1.72 bits per heavy atom. The first-order valence-corrected chi connectivity index (χ1v) is 23.3. The first kappa shape index (κ1) is 40.0. The van der Waals surface area contributed by atoms with Crippen molar-refractivity contribution < 1.29 is 0 Å². The second kappa shape index (κ2) is 13.5. The molecule has 0 bridgehead atoms. The highest BCUT2D eigenvalue weighted by atomic mass is 32.1. The predicted molar refractivity (Wildman–Crippen MR) is 268 cm³/mol. The van der Waals surface area contributed by atoms with Gasteiger partial charge in [-0.2, -0.15) is 0 Å². The van der Waals surface area contributed by atoms with Gasteiger partial charge >= 0.3 is 0 Å². The Labute approximate surface area is 369 Å². The summed E-state index contributed by atoms with van der Waals surface area (Å²) in [4.78, 5) is 5.26. The van der Waals surface area contributed by atoms with Gasteiger partial charge in [0.05, 0.1) is 5.69 Å². The van der Waals surface area contributed by atoms with E-state index in [1.807, 2.05) is 11.3 Å². The van der Waals surface area contributed by atoms with Crippen LogP contribution in [0.25, 0.3) is 21.2 Å². The highest BCUT2D eigenvalue weighted by molar-refractivity contribution is 7.33. The first-order chi connectivity index (χ1) is 28.7. The van der Waals surface area contributed by atoms with E-state index in [1.165, 1.54) is 123 Å². The van der Waals surface area contributed by atoms with Crippen LogP contribution < -0.4 is 25.5 Å². The normalized spacial score (nSPS) is 16.3. The lowest BCUT2D eigenvalue weighted by Gasteiger charge is -2.47. The van der Waals surface area contributed by atoms with Crippen LogP contribution in [0.5, 0.6) is 0 Å². The molecule has 6 aromatic carbocycles. The molecule has 308 valence electrons. The van der Waals surface area contributed by atoms with Gasteiger partial charge in [-0.1, -0.05) is 124 Å². The fourth-order valence-corrected chi connectivity index (χ4v) is 12.1. The monoisotopic (exact) mass is 816 g/mol. The Morgan fingerprint density at radius 1 is 0.574 bits per heavy atom. The number of fused-ring (bicyclic) bond motifs is 7. The second-order valence-electron chi connectivity index (χ2n) is 21.9. The minimum Gasteiger partial charge on any atom is -0.311 e. The highest BCUT2D eigenvalue weighted by Gasteiger charge is 2.48. The molecule has 0 saturated carbocycles. The van der Waals surface area contributed by atoms with Crippen molar-refractivity contribution in [2.24, 2.45) is 0 Å². The molecule has 1 aliphatic carbocycles. The van der Waals surface area contributed by atoms with Gasteiger partial charge in [0.25, 0.3) is 6.71 Å². The van der Waals surface area contributed by atoms with Crippen LogP contribution in [0.4, 0.5) is 34.1 Å². The number of nitrogens with zero attached hydrogens (tertiary/aromatic N) is 2. The Kier molecular flexibility index (Phi) is 8.84. The summed E-state index contributed by atoms with van der Waals surface area (Å²) in [7, 11) is 0. The zero-order chi connectivity index (χ0) is 43.1. The summed E-state index contributed by atoms with van der Waals surface area (Å²) in [5.74, 6) is 0. The lowest BCUT2D eigenvalue weighted by atomic mass is 9.35. The molecule has 10 rings (SSSR count). The molecule has 0 unspecified atom stereocenters. The van der Waals surface area contributed by atoms with Crippen LogP contribution in [0.1, 0.15) is 121 Å². The summed E-state index contributed by atoms with van der Waals surface area (Å²) in [5, 5.41) is 1.35. The number of hydrogen-bond donors (Lipinski definition) is 0. The van der Waals surface area contributed by atoms with Crippen molar-refractivity contribution in [1.82, 2.24) is 0 Å². The number of aryl methyl sites for hydroxylation is 3. The zero-order valence-corrected chi connectivity index (χ0v) is 39.5. The van der Waals surface area contributed by atoms with Crippen molar-refractivity contribution >= 4 is 78.0 Å². The molecular weight excluding hydrogens is 756 g/mol. The highest BCUT2D eigenvalue weighted by Crippen LogP contribution is 2.52. The molecule has 0 amide bonds. The Bertz CT molecular complexity index is 2890. The zero-order valence-electron chi connectivity index (χ0n) is 38.7. The van der Waals surface area contributed by atoms with Gasteiger partial charge in [-0.15, -0.1) is 11.3 Å². The van der Waals surface area contributed by atoms with Gasteiger partial charge in [-0.3, -0.25) is 0 Å². The van der Waals surface area contributed by atoms with Crippen LogP contribution >= 0.6 is 11.3 Å². The summed E-state index contributed by atoms with van der Waals surface area (Å²) in [6, 6.07) is 43.1. The van der Waals surface area contributed by atoms with Crippen LogP contribution in [0, 0.1) is 20.8 Å². The first-order valence-electron chi connectivity index (χ1n) is 22.5. The topological polar surface area (TPSA) is 6.48 Å². The van der Waals surface area contributed by atoms with Gasteiger partial charge in [-0.05, 0) is 171 Å².